The summed E-state index contributed by atoms with van der Waals surface area (Å²) in [6.45, 7) is 4.69. The van der Waals surface area contributed by atoms with Crippen molar-refractivity contribution in [2.24, 2.45) is 0 Å². The Bertz CT molecular complexity index is 287. The number of ether oxygens (including phenoxy) is 1. The quantitative estimate of drug-likeness (QED) is 0.558. The van der Waals surface area contributed by atoms with Crippen molar-refractivity contribution in [1.29, 1.82) is 0 Å². The van der Waals surface area contributed by atoms with Crippen molar-refractivity contribution in [3.8, 4) is 0 Å². The maximum atomic E-state index is 8.62. The molecule has 1 aromatic carbocycles. The highest BCUT2D eigenvalue weighted by molar-refractivity contribution is 7.99. The molecule has 0 aliphatic heterocycles. The number of rotatable bonds is 8. The average Bonchev–Trinajstić information content (AvgIpc) is 2.35. The Hall–Kier alpha value is -0.770. The zero-order valence-corrected chi connectivity index (χ0v) is 10.2. The molecule has 0 saturated carbocycles. The molecular weight excluding hydrogens is 220 g/mol. The molecule has 1 N–H and O–H groups in total. The lowest BCUT2D eigenvalue weighted by molar-refractivity contribution is 0.0992. The topological polar surface area (TPSA) is 29.5 Å². The van der Waals surface area contributed by atoms with Crippen molar-refractivity contribution in [2.45, 2.75) is 6.10 Å². The van der Waals surface area contributed by atoms with Gasteiger partial charge >= 0.3 is 0 Å². The van der Waals surface area contributed by atoms with Gasteiger partial charge in [0.05, 0.1) is 13.2 Å². The molecule has 1 atom stereocenters. The number of thioether (sulfide) groups is 1. The van der Waals surface area contributed by atoms with Gasteiger partial charge in [-0.3, -0.25) is 0 Å². The fourth-order valence-electron chi connectivity index (χ4n) is 1.34. The molecule has 3 heteroatoms. The molecule has 16 heavy (non-hydrogen) atoms. The molecule has 0 aliphatic carbocycles. The van der Waals surface area contributed by atoms with Gasteiger partial charge in [-0.2, -0.15) is 11.8 Å². The van der Waals surface area contributed by atoms with E-state index in [1.165, 1.54) is 0 Å². The van der Waals surface area contributed by atoms with Crippen molar-refractivity contribution < 1.29 is 9.84 Å². The molecule has 0 bridgehead atoms. The third kappa shape index (κ3) is 4.84. The second-order valence-corrected chi connectivity index (χ2v) is 4.50. The van der Waals surface area contributed by atoms with Crippen molar-refractivity contribution >= 4 is 11.8 Å². The van der Waals surface area contributed by atoms with Crippen LogP contribution in [0.5, 0.6) is 0 Å². The lowest BCUT2D eigenvalue weighted by Crippen LogP contribution is -2.05. The van der Waals surface area contributed by atoms with E-state index in [-0.39, 0.29) is 12.7 Å². The molecule has 0 radical (unpaired) electrons. The Morgan fingerprint density at radius 3 is 2.69 bits per heavy atom. The molecule has 1 rings (SSSR count). The average molecular weight is 238 g/mol. The first-order valence-electron chi connectivity index (χ1n) is 5.36. The smallest absolute Gasteiger partial charge is 0.100 e. The monoisotopic (exact) mass is 238 g/mol. The molecule has 0 saturated heterocycles. The SMILES string of the molecule is C=CC(OCCSCCO)c1ccccc1. The summed E-state index contributed by atoms with van der Waals surface area (Å²) < 4.78 is 5.70. The van der Waals surface area contributed by atoms with E-state index >= 15 is 0 Å². The molecule has 1 unspecified atom stereocenters. The number of aliphatic hydroxyl groups is 1. The molecule has 0 amide bonds. The van der Waals surface area contributed by atoms with Crippen LogP contribution in [0.2, 0.25) is 0 Å². The normalized spacial score (nSPS) is 12.3. The van der Waals surface area contributed by atoms with Gasteiger partial charge in [-0.25, -0.2) is 0 Å². The van der Waals surface area contributed by atoms with Crippen LogP contribution in [-0.4, -0.2) is 29.8 Å². The van der Waals surface area contributed by atoms with Gasteiger partial charge in [-0.15, -0.1) is 6.58 Å². The van der Waals surface area contributed by atoms with Crippen molar-refractivity contribution in [2.75, 3.05) is 24.7 Å². The minimum Gasteiger partial charge on any atom is -0.396 e. The molecule has 0 fully saturated rings. The Kier molecular flexibility index (Phi) is 6.97. The van der Waals surface area contributed by atoms with E-state index in [0.29, 0.717) is 6.61 Å². The molecule has 0 spiro atoms. The zero-order valence-electron chi connectivity index (χ0n) is 9.34. The fourth-order valence-corrected chi connectivity index (χ4v) is 1.89. The first-order valence-corrected chi connectivity index (χ1v) is 6.51. The second kappa shape index (κ2) is 8.39. The van der Waals surface area contributed by atoms with Gasteiger partial charge in [0, 0.05) is 11.5 Å². The van der Waals surface area contributed by atoms with Crippen LogP contribution in [0, 0.1) is 0 Å². The summed E-state index contributed by atoms with van der Waals surface area (Å²) in [7, 11) is 0. The summed E-state index contributed by atoms with van der Waals surface area (Å²) in [5, 5.41) is 8.62. The number of benzene rings is 1. The van der Waals surface area contributed by atoms with Crippen LogP contribution < -0.4 is 0 Å². The van der Waals surface area contributed by atoms with E-state index < -0.39 is 0 Å². The van der Waals surface area contributed by atoms with Gasteiger partial charge in [-0.1, -0.05) is 36.4 Å². The van der Waals surface area contributed by atoms with Crippen LogP contribution in [-0.2, 0) is 4.74 Å². The lowest BCUT2D eigenvalue weighted by Gasteiger charge is -2.13. The van der Waals surface area contributed by atoms with Crippen molar-refractivity contribution in [3.63, 3.8) is 0 Å². The van der Waals surface area contributed by atoms with E-state index in [4.69, 9.17) is 9.84 Å². The van der Waals surface area contributed by atoms with Gasteiger partial charge in [0.15, 0.2) is 0 Å². The minimum atomic E-state index is -0.0315. The number of hydrogen-bond donors (Lipinski definition) is 1. The zero-order chi connectivity index (χ0) is 11.6. The first kappa shape index (κ1) is 13.3. The molecule has 2 nitrogen and oxygen atoms in total. The summed E-state index contributed by atoms with van der Waals surface area (Å²) in [5.41, 5.74) is 1.13. The van der Waals surface area contributed by atoms with Crippen LogP contribution >= 0.6 is 11.8 Å². The van der Waals surface area contributed by atoms with Gasteiger partial charge < -0.3 is 9.84 Å². The predicted molar refractivity (Wildman–Crippen MR) is 69.7 cm³/mol. The summed E-state index contributed by atoms with van der Waals surface area (Å²) >= 11 is 1.69. The lowest BCUT2D eigenvalue weighted by atomic mass is 10.1. The Labute approximate surface area is 101 Å². The second-order valence-electron chi connectivity index (χ2n) is 3.27. The third-order valence-corrected chi connectivity index (χ3v) is 3.03. The summed E-state index contributed by atoms with van der Waals surface area (Å²) in [6.07, 6.45) is 1.78. The molecule has 1 aromatic rings. The van der Waals surface area contributed by atoms with E-state index in [0.717, 1.165) is 17.1 Å². The van der Waals surface area contributed by atoms with Crippen LogP contribution in [0.15, 0.2) is 43.0 Å². The van der Waals surface area contributed by atoms with E-state index in [1.807, 2.05) is 36.4 Å². The van der Waals surface area contributed by atoms with E-state index in [2.05, 4.69) is 6.58 Å². The highest BCUT2D eigenvalue weighted by atomic mass is 32.2. The summed E-state index contributed by atoms with van der Waals surface area (Å²) in [4.78, 5) is 0. The maximum Gasteiger partial charge on any atom is 0.100 e. The van der Waals surface area contributed by atoms with Gasteiger partial charge in [0.25, 0.3) is 0 Å². The fraction of sp³-hybridized carbons (Fsp3) is 0.385. The predicted octanol–water partition coefficient (Wildman–Crippen LogP) is 2.66. The Morgan fingerprint density at radius 2 is 2.06 bits per heavy atom. The molecule has 88 valence electrons. The first-order chi connectivity index (χ1) is 7.88. The summed E-state index contributed by atoms with van der Waals surface area (Å²) in [6, 6.07) is 10.0. The maximum absolute atomic E-state index is 8.62. The van der Waals surface area contributed by atoms with Crippen LogP contribution in [0.3, 0.4) is 0 Å². The highest BCUT2D eigenvalue weighted by Gasteiger charge is 2.06. The number of aliphatic hydroxyl groups excluding tert-OH is 1. The molecular formula is C13H18O2S. The number of hydrogen-bond acceptors (Lipinski definition) is 3. The highest BCUT2D eigenvalue weighted by Crippen LogP contribution is 2.18. The van der Waals surface area contributed by atoms with Gasteiger partial charge in [0.1, 0.15) is 6.10 Å². The molecule has 0 aromatic heterocycles. The summed E-state index contributed by atoms with van der Waals surface area (Å²) in [5.74, 6) is 1.67. The van der Waals surface area contributed by atoms with Crippen LogP contribution in [0.25, 0.3) is 0 Å². The largest absolute Gasteiger partial charge is 0.396 e. The van der Waals surface area contributed by atoms with E-state index in [9.17, 15) is 0 Å². The van der Waals surface area contributed by atoms with Crippen LogP contribution in [0.1, 0.15) is 11.7 Å². The Balaban J connectivity index is 2.30. The minimum absolute atomic E-state index is 0.0315. The molecule has 0 aliphatic rings. The van der Waals surface area contributed by atoms with E-state index in [1.54, 1.807) is 11.8 Å². The van der Waals surface area contributed by atoms with Crippen molar-refractivity contribution in [1.82, 2.24) is 0 Å². The van der Waals surface area contributed by atoms with Gasteiger partial charge in [0.2, 0.25) is 0 Å². The third-order valence-electron chi connectivity index (χ3n) is 2.10. The Morgan fingerprint density at radius 1 is 1.31 bits per heavy atom. The standard InChI is InChI=1S/C13H18O2S/c1-2-13(12-6-4-3-5-7-12)15-9-11-16-10-8-14/h2-7,13-14H,1,8-11H2. The molecule has 0 heterocycles. The van der Waals surface area contributed by atoms with Crippen molar-refractivity contribution in [3.05, 3.63) is 48.6 Å². The van der Waals surface area contributed by atoms with Crippen LogP contribution in [0.4, 0.5) is 0 Å². The van der Waals surface area contributed by atoms with Gasteiger partial charge in [-0.05, 0) is 5.56 Å².